The topological polar surface area (TPSA) is 40.5 Å². The minimum absolute atomic E-state index is 0.287. The summed E-state index contributed by atoms with van der Waals surface area (Å²) in [5.74, 6) is 1.13. The normalized spacial score (nSPS) is 10.8. The van der Waals surface area contributed by atoms with Gasteiger partial charge in [-0.3, -0.25) is 0 Å². The van der Waals surface area contributed by atoms with Gasteiger partial charge in [0.1, 0.15) is 5.75 Å². The van der Waals surface area contributed by atoms with E-state index in [-0.39, 0.29) is 5.97 Å². The van der Waals surface area contributed by atoms with Crippen LogP contribution in [-0.2, 0) is 17.5 Å². The number of fused-ring (bicyclic) bond motifs is 1. The maximum atomic E-state index is 12.6. The Morgan fingerprint density at radius 3 is 2.60 bits per heavy atom. The van der Waals surface area contributed by atoms with Crippen LogP contribution in [0.15, 0.2) is 53.4 Å². The van der Waals surface area contributed by atoms with Crippen molar-refractivity contribution >= 4 is 28.6 Å². The number of hydrogen-bond acceptors (Lipinski definition) is 4. The summed E-state index contributed by atoms with van der Waals surface area (Å²) < 4.78 is 12.7. The molecule has 0 spiro atoms. The molecule has 0 aliphatic heterocycles. The lowest BCUT2D eigenvalue weighted by Gasteiger charge is -2.08. The summed E-state index contributed by atoms with van der Waals surface area (Å²) in [5, 5.41) is 0.865. The molecule has 2 aromatic carbocycles. The molecule has 130 valence electrons. The van der Waals surface area contributed by atoms with E-state index >= 15 is 0 Å². The third-order valence-electron chi connectivity index (χ3n) is 4.13. The van der Waals surface area contributed by atoms with Gasteiger partial charge in [-0.15, -0.1) is 11.8 Å². The van der Waals surface area contributed by atoms with Crippen LogP contribution in [0, 0.1) is 0 Å². The van der Waals surface area contributed by atoms with Crippen molar-refractivity contribution in [1.29, 1.82) is 0 Å². The van der Waals surface area contributed by atoms with Crippen LogP contribution in [0.5, 0.6) is 5.75 Å². The Morgan fingerprint density at radius 1 is 1.16 bits per heavy atom. The standard InChI is InChI=1S/C20H21NO3S/c1-4-24-20(22)19-16-12-14(23-3)10-11-17(16)21(2)18(19)13-25-15-8-6-5-7-9-15/h5-12H,4,13H2,1-3H3. The van der Waals surface area contributed by atoms with Crippen LogP contribution in [0.25, 0.3) is 10.9 Å². The van der Waals surface area contributed by atoms with Gasteiger partial charge in [0, 0.05) is 34.3 Å². The first-order valence-electron chi connectivity index (χ1n) is 8.16. The van der Waals surface area contributed by atoms with Crippen molar-refractivity contribution in [2.75, 3.05) is 13.7 Å². The lowest BCUT2D eigenvalue weighted by molar-refractivity contribution is 0.0527. The highest BCUT2D eigenvalue weighted by atomic mass is 32.2. The van der Waals surface area contributed by atoms with Gasteiger partial charge in [-0.25, -0.2) is 4.79 Å². The van der Waals surface area contributed by atoms with E-state index in [2.05, 4.69) is 16.7 Å². The van der Waals surface area contributed by atoms with Gasteiger partial charge in [0.05, 0.1) is 19.3 Å². The van der Waals surface area contributed by atoms with E-state index in [4.69, 9.17) is 9.47 Å². The molecule has 0 saturated carbocycles. The van der Waals surface area contributed by atoms with Gasteiger partial charge in [0.15, 0.2) is 0 Å². The Bertz CT molecular complexity index is 887. The molecule has 0 aliphatic carbocycles. The van der Waals surface area contributed by atoms with E-state index in [1.54, 1.807) is 18.9 Å². The predicted octanol–water partition coefficient (Wildman–Crippen LogP) is 4.66. The fourth-order valence-electron chi connectivity index (χ4n) is 2.87. The third kappa shape index (κ3) is 3.51. The molecule has 25 heavy (non-hydrogen) atoms. The number of thioether (sulfide) groups is 1. The first kappa shape index (κ1) is 17.4. The minimum Gasteiger partial charge on any atom is -0.497 e. The quantitative estimate of drug-likeness (QED) is 0.476. The average Bonchev–Trinajstić information content (AvgIpc) is 2.92. The highest BCUT2D eigenvalue weighted by Gasteiger charge is 2.22. The number of methoxy groups -OCH3 is 1. The van der Waals surface area contributed by atoms with E-state index < -0.39 is 0 Å². The van der Waals surface area contributed by atoms with Crippen LogP contribution in [0.2, 0.25) is 0 Å². The Kier molecular flexibility index (Phi) is 5.34. The molecular formula is C20H21NO3S. The molecule has 0 fully saturated rings. The molecular weight excluding hydrogens is 334 g/mol. The minimum atomic E-state index is -0.287. The van der Waals surface area contributed by atoms with E-state index in [1.165, 1.54) is 4.90 Å². The molecule has 0 amide bonds. The average molecular weight is 355 g/mol. The lowest BCUT2D eigenvalue weighted by Crippen LogP contribution is -2.08. The zero-order chi connectivity index (χ0) is 17.8. The number of benzene rings is 2. The number of carbonyl (C=O) groups excluding carboxylic acids is 1. The van der Waals surface area contributed by atoms with Crippen molar-refractivity contribution in [1.82, 2.24) is 4.57 Å². The fraction of sp³-hybridized carbons (Fsp3) is 0.250. The molecule has 0 bridgehead atoms. The summed E-state index contributed by atoms with van der Waals surface area (Å²) in [6, 6.07) is 16.0. The Hall–Kier alpha value is -2.40. The molecule has 0 N–H and O–H groups in total. The molecule has 0 saturated heterocycles. The monoisotopic (exact) mass is 355 g/mol. The maximum absolute atomic E-state index is 12.6. The molecule has 5 heteroatoms. The number of nitrogens with zero attached hydrogens (tertiary/aromatic N) is 1. The Labute approximate surface area is 151 Å². The summed E-state index contributed by atoms with van der Waals surface area (Å²) in [6.07, 6.45) is 0. The van der Waals surface area contributed by atoms with Crippen LogP contribution in [-0.4, -0.2) is 24.3 Å². The number of aryl methyl sites for hydroxylation is 1. The number of rotatable bonds is 6. The molecule has 3 aromatic rings. The van der Waals surface area contributed by atoms with Crippen LogP contribution in [0.3, 0.4) is 0 Å². The fourth-order valence-corrected chi connectivity index (χ4v) is 3.86. The van der Waals surface area contributed by atoms with Crippen molar-refractivity contribution in [3.8, 4) is 5.75 Å². The molecule has 0 aliphatic rings. The summed E-state index contributed by atoms with van der Waals surface area (Å²) in [7, 11) is 3.61. The van der Waals surface area contributed by atoms with E-state index in [9.17, 15) is 4.79 Å². The second kappa shape index (κ2) is 7.66. The Morgan fingerprint density at radius 2 is 1.92 bits per heavy atom. The van der Waals surface area contributed by atoms with Gasteiger partial charge in [-0.05, 0) is 37.3 Å². The molecule has 4 nitrogen and oxygen atoms in total. The molecule has 0 radical (unpaired) electrons. The zero-order valence-electron chi connectivity index (χ0n) is 14.6. The van der Waals surface area contributed by atoms with Crippen LogP contribution in [0.4, 0.5) is 0 Å². The molecule has 0 unspecified atom stereocenters. The van der Waals surface area contributed by atoms with Gasteiger partial charge in [0.25, 0.3) is 0 Å². The summed E-state index contributed by atoms with van der Waals surface area (Å²) in [6.45, 7) is 2.17. The van der Waals surface area contributed by atoms with Crippen molar-refractivity contribution in [2.45, 2.75) is 17.6 Å². The van der Waals surface area contributed by atoms with Crippen LogP contribution < -0.4 is 4.74 Å². The number of esters is 1. The van der Waals surface area contributed by atoms with Crippen molar-refractivity contribution in [2.24, 2.45) is 7.05 Å². The molecule has 3 rings (SSSR count). The molecule has 1 aromatic heterocycles. The highest BCUT2D eigenvalue weighted by Crippen LogP contribution is 2.33. The second-order valence-corrected chi connectivity index (χ2v) is 6.63. The van der Waals surface area contributed by atoms with Crippen LogP contribution >= 0.6 is 11.8 Å². The largest absolute Gasteiger partial charge is 0.497 e. The number of ether oxygens (including phenoxy) is 2. The van der Waals surface area contributed by atoms with Gasteiger partial charge in [-0.2, -0.15) is 0 Å². The smallest absolute Gasteiger partial charge is 0.340 e. The van der Waals surface area contributed by atoms with Gasteiger partial charge >= 0.3 is 5.97 Å². The number of aromatic nitrogens is 1. The van der Waals surface area contributed by atoms with Gasteiger partial charge in [-0.1, -0.05) is 18.2 Å². The van der Waals surface area contributed by atoms with Crippen molar-refractivity contribution in [3.63, 3.8) is 0 Å². The molecule has 0 atom stereocenters. The zero-order valence-corrected chi connectivity index (χ0v) is 15.4. The molecule has 1 heterocycles. The van der Waals surface area contributed by atoms with Gasteiger partial charge < -0.3 is 14.0 Å². The Balaban J connectivity index is 2.07. The lowest BCUT2D eigenvalue weighted by atomic mass is 10.1. The van der Waals surface area contributed by atoms with E-state index in [1.807, 2.05) is 50.4 Å². The summed E-state index contributed by atoms with van der Waals surface area (Å²) >= 11 is 1.70. The van der Waals surface area contributed by atoms with E-state index in [0.717, 1.165) is 22.3 Å². The van der Waals surface area contributed by atoms with Crippen molar-refractivity contribution < 1.29 is 14.3 Å². The van der Waals surface area contributed by atoms with E-state index in [0.29, 0.717) is 17.9 Å². The first-order valence-corrected chi connectivity index (χ1v) is 9.14. The van der Waals surface area contributed by atoms with Crippen LogP contribution in [0.1, 0.15) is 23.0 Å². The van der Waals surface area contributed by atoms with Gasteiger partial charge in [0.2, 0.25) is 0 Å². The number of carbonyl (C=O) groups is 1. The SMILES string of the molecule is CCOC(=O)c1c(CSc2ccccc2)n(C)c2ccc(OC)cc12. The summed E-state index contributed by atoms with van der Waals surface area (Å²) in [4.78, 5) is 13.8. The number of hydrogen-bond donors (Lipinski definition) is 0. The van der Waals surface area contributed by atoms with Crippen molar-refractivity contribution in [3.05, 3.63) is 59.8 Å². The third-order valence-corrected chi connectivity index (χ3v) is 5.15. The predicted molar refractivity (Wildman–Crippen MR) is 101 cm³/mol. The highest BCUT2D eigenvalue weighted by molar-refractivity contribution is 7.98. The second-order valence-electron chi connectivity index (χ2n) is 5.59. The summed E-state index contributed by atoms with van der Waals surface area (Å²) in [5.41, 5.74) is 2.57. The first-order chi connectivity index (χ1) is 12.2. The maximum Gasteiger partial charge on any atom is 0.340 e.